The standard InChI is InChI=1S/C31H40N4O6/c1-34-18-41-28-22-4-3-5-25-20(8-11-27(38)29(25)39-2)6-9-23(36)16-24(37)10-7-21(15-22)26-14-19(17-40-30(26)28)12-13-35-31(32)33/h8,11,15,19,24,34,37-38H,4,6-7,9-10,12-14,16-18H2,1-2H3,(H4,32,33,35). The molecule has 2 aromatic rings. The number of hydrogen-bond donors (Lipinski definition) is 5. The fraction of sp³-hybridized carbons (Fsp3) is 0.484. The lowest BCUT2D eigenvalue weighted by Crippen LogP contribution is -2.26. The van der Waals surface area contributed by atoms with Crippen LogP contribution in [-0.4, -0.2) is 62.1 Å². The van der Waals surface area contributed by atoms with E-state index in [4.69, 9.17) is 25.7 Å². The number of phenols is 1. The number of methoxy groups -OCH3 is 1. The summed E-state index contributed by atoms with van der Waals surface area (Å²) in [6, 6.07) is 5.39. The third kappa shape index (κ3) is 7.63. The minimum absolute atomic E-state index is 0.0166. The number of guanidine groups is 1. The molecule has 1 heterocycles. The van der Waals surface area contributed by atoms with Crippen LogP contribution in [0.15, 0.2) is 23.2 Å². The van der Waals surface area contributed by atoms with Crippen LogP contribution in [0.4, 0.5) is 0 Å². The molecular weight excluding hydrogens is 524 g/mol. The van der Waals surface area contributed by atoms with Crippen molar-refractivity contribution in [2.24, 2.45) is 22.4 Å². The number of ether oxygens (including phenoxy) is 3. The van der Waals surface area contributed by atoms with Gasteiger partial charge in [0.05, 0.1) is 25.4 Å². The number of nitrogens with one attached hydrogen (secondary N) is 1. The second kappa shape index (κ2) is 14.1. The lowest BCUT2D eigenvalue weighted by molar-refractivity contribution is -0.121. The van der Waals surface area contributed by atoms with Crippen molar-refractivity contribution < 1.29 is 29.2 Å². The van der Waals surface area contributed by atoms with Gasteiger partial charge in [-0.15, -0.1) is 0 Å². The predicted octanol–water partition coefficient (Wildman–Crippen LogP) is 1.96. The first-order valence-corrected chi connectivity index (χ1v) is 14.0. The lowest BCUT2D eigenvalue weighted by atomic mass is 9.86. The first-order chi connectivity index (χ1) is 19.8. The summed E-state index contributed by atoms with van der Waals surface area (Å²) in [5, 5.41) is 24.2. The van der Waals surface area contributed by atoms with Gasteiger partial charge < -0.3 is 35.9 Å². The van der Waals surface area contributed by atoms with E-state index in [1.807, 2.05) is 0 Å². The number of aromatic hydroxyl groups is 1. The van der Waals surface area contributed by atoms with Gasteiger partial charge in [0.1, 0.15) is 12.5 Å². The van der Waals surface area contributed by atoms with E-state index < -0.39 is 6.10 Å². The van der Waals surface area contributed by atoms with E-state index in [9.17, 15) is 15.0 Å². The maximum absolute atomic E-state index is 12.8. The number of aliphatic imine (C=N–C) groups is 1. The molecule has 0 amide bonds. The van der Waals surface area contributed by atoms with E-state index in [2.05, 4.69) is 28.2 Å². The van der Waals surface area contributed by atoms with Gasteiger partial charge in [0.25, 0.3) is 0 Å². The second-order valence-electron chi connectivity index (χ2n) is 10.5. The fourth-order valence-electron chi connectivity index (χ4n) is 5.39. The number of phenolic OH excluding ortho intramolecular Hbond substituents is 1. The molecule has 2 bridgehead atoms. The Morgan fingerprint density at radius 2 is 2.00 bits per heavy atom. The highest BCUT2D eigenvalue weighted by Crippen LogP contribution is 2.43. The molecule has 7 N–H and O–H groups in total. The molecule has 1 aliphatic carbocycles. The summed E-state index contributed by atoms with van der Waals surface area (Å²) < 4.78 is 18.0. The van der Waals surface area contributed by atoms with Gasteiger partial charge in [-0.3, -0.25) is 15.1 Å². The minimum atomic E-state index is -0.765. The Kier molecular flexibility index (Phi) is 10.3. The zero-order chi connectivity index (χ0) is 29.4. The van der Waals surface area contributed by atoms with Gasteiger partial charge in [-0.1, -0.05) is 24.0 Å². The van der Waals surface area contributed by atoms with E-state index in [0.717, 1.165) is 35.1 Å². The Bertz CT molecular complexity index is 1340. The lowest BCUT2D eigenvalue weighted by Gasteiger charge is -2.30. The molecule has 4 rings (SSSR count). The first kappa shape index (κ1) is 30.0. The molecule has 2 aromatic carbocycles. The Hall–Kier alpha value is -3.94. The largest absolute Gasteiger partial charge is 0.504 e. The third-order valence-corrected chi connectivity index (χ3v) is 7.46. The van der Waals surface area contributed by atoms with Crippen LogP contribution in [0.2, 0.25) is 0 Å². The molecule has 2 unspecified atom stereocenters. The Morgan fingerprint density at radius 1 is 1.17 bits per heavy atom. The van der Waals surface area contributed by atoms with Crippen molar-refractivity contribution in [3.63, 3.8) is 0 Å². The number of aliphatic hydroxyl groups excluding tert-OH is 1. The highest BCUT2D eigenvalue weighted by molar-refractivity contribution is 5.79. The molecule has 10 nitrogen and oxygen atoms in total. The Morgan fingerprint density at radius 3 is 2.76 bits per heavy atom. The Labute approximate surface area is 241 Å². The number of fused-ring (bicyclic) bond motifs is 5. The summed E-state index contributed by atoms with van der Waals surface area (Å²) in [5.74, 6) is 8.27. The van der Waals surface area contributed by atoms with Crippen molar-refractivity contribution in [1.29, 1.82) is 0 Å². The van der Waals surface area contributed by atoms with Gasteiger partial charge >= 0.3 is 0 Å². The maximum atomic E-state index is 12.8. The number of hydrogen-bond acceptors (Lipinski definition) is 8. The molecule has 10 heteroatoms. The van der Waals surface area contributed by atoms with Crippen LogP contribution in [0.1, 0.15) is 53.5 Å². The molecule has 0 radical (unpaired) electrons. The molecule has 0 saturated carbocycles. The zero-order valence-electron chi connectivity index (χ0n) is 23.8. The molecule has 41 heavy (non-hydrogen) atoms. The highest BCUT2D eigenvalue weighted by atomic mass is 16.5. The van der Waals surface area contributed by atoms with Crippen LogP contribution in [0.3, 0.4) is 0 Å². The van der Waals surface area contributed by atoms with Crippen molar-refractivity contribution in [1.82, 2.24) is 5.32 Å². The summed E-state index contributed by atoms with van der Waals surface area (Å²) in [5.41, 5.74) is 15.3. The number of nitrogens with zero attached hydrogens (tertiary/aromatic N) is 1. The van der Waals surface area contributed by atoms with Gasteiger partial charge in [-0.05, 0) is 62.3 Å². The molecule has 220 valence electrons. The zero-order valence-corrected chi connectivity index (χ0v) is 23.8. The number of nitrogens with two attached hydrogens (primary N) is 2. The van der Waals surface area contributed by atoms with Gasteiger partial charge in [-0.25, -0.2) is 0 Å². The number of carbonyl (C=O) groups is 1. The van der Waals surface area contributed by atoms with Gasteiger partial charge in [0.2, 0.25) is 0 Å². The summed E-state index contributed by atoms with van der Waals surface area (Å²) in [4.78, 5) is 16.9. The van der Waals surface area contributed by atoms with Gasteiger partial charge in [-0.2, -0.15) is 0 Å². The minimum Gasteiger partial charge on any atom is -0.504 e. The van der Waals surface area contributed by atoms with Gasteiger partial charge in [0.15, 0.2) is 29.0 Å². The molecule has 2 atom stereocenters. The van der Waals surface area contributed by atoms with Crippen molar-refractivity contribution in [3.8, 4) is 34.8 Å². The van der Waals surface area contributed by atoms with E-state index >= 15 is 0 Å². The van der Waals surface area contributed by atoms with E-state index in [0.29, 0.717) is 55.9 Å². The number of Topliss-reactive ketones (excluding diaryl/α,β-unsaturated/α-hetero) is 1. The Balaban J connectivity index is 1.78. The SMILES string of the molecule is CNCOc1c2cc(c3c1OCC(CCN=C(N)N)C3)CCC(O)CC(=O)CCc1ccc(O)c(OC)c1C#CC2. The second-order valence-corrected chi connectivity index (χ2v) is 10.5. The van der Waals surface area contributed by atoms with Crippen molar-refractivity contribution in [3.05, 3.63) is 46.0 Å². The molecule has 1 aliphatic heterocycles. The van der Waals surface area contributed by atoms with Crippen molar-refractivity contribution >= 4 is 11.7 Å². The van der Waals surface area contributed by atoms with E-state index in [1.54, 1.807) is 19.2 Å². The summed E-state index contributed by atoms with van der Waals surface area (Å²) in [6.45, 7) is 1.30. The number of ketones is 1. The molecule has 2 aliphatic rings. The highest BCUT2D eigenvalue weighted by Gasteiger charge is 2.28. The quantitative estimate of drug-likeness (QED) is 0.146. The molecule has 0 aromatic heterocycles. The van der Waals surface area contributed by atoms with E-state index in [-0.39, 0.29) is 48.7 Å². The normalized spacial score (nSPS) is 18.8. The summed E-state index contributed by atoms with van der Waals surface area (Å²) in [6.07, 6.45) is 2.90. The van der Waals surface area contributed by atoms with Crippen LogP contribution < -0.4 is 31.0 Å². The number of rotatable bonds is 7. The topological polar surface area (TPSA) is 162 Å². The molecular formula is C31H40N4O6. The molecule has 0 saturated heterocycles. The van der Waals surface area contributed by atoms with Crippen LogP contribution in [0.25, 0.3) is 0 Å². The smallest absolute Gasteiger partial charge is 0.185 e. The van der Waals surface area contributed by atoms with Crippen LogP contribution >= 0.6 is 0 Å². The van der Waals surface area contributed by atoms with Crippen molar-refractivity contribution in [2.45, 2.75) is 57.5 Å². The van der Waals surface area contributed by atoms with Gasteiger partial charge in [0, 0.05) is 36.9 Å². The van der Waals surface area contributed by atoms with Crippen LogP contribution in [0.5, 0.6) is 23.0 Å². The average molecular weight is 565 g/mol. The summed E-state index contributed by atoms with van der Waals surface area (Å²) in [7, 11) is 3.29. The third-order valence-electron chi connectivity index (χ3n) is 7.46. The number of carbonyl (C=O) groups excluding carboxylic acids is 1. The van der Waals surface area contributed by atoms with Crippen LogP contribution in [0, 0.1) is 17.8 Å². The molecule has 0 fully saturated rings. The first-order valence-electron chi connectivity index (χ1n) is 14.0. The monoisotopic (exact) mass is 564 g/mol. The number of benzene rings is 2. The average Bonchev–Trinajstić information content (AvgIpc) is 2.94. The number of aryl methyl sites for hydroxylation is 2. The maximum Gasteiger partial charge on any atom is 0.185 e. The summed E-state index contributed by atoms with van der Waals surface area (Å²) >= 11 is 0. The van der Waals surface area contributed by atoms with Crippen LogP contribution in [-0.2, 0) is 30.5 Å². The van der Waals surface area contributed by atoms with Crippen molar-refractivity contribution in [2.75, 3.05) is 34.0 Å². The molecule has 0 spiro atoms. The fourth-order valence-corrected chi connectivity index (χ4v) is 5.39. The predicted molar refractivity (Wildman–Crippen MR) is 156 cm³/mol. The van der Waals surface area contributed by atoms with E-state index in [1.165, 1.54) is 7.11 Å². The number of aliphatic hydroxyl groups is 1.